The number of nitrogens with one attached hydrogen (secondary N) is 1. The Morgan fingerprint density at radius 1 is 0.962 bits per heavy atom. The Labute approximate surface area is 150 Å². The lowest BCUT2D eigenvalue weighted by atomic mass is 10.1. The van der Waals surface area contributed by atoms with E-state index in [4.69, 9.17) is 0 Å². The monoisotopic (exact) mass is 378 g/mol. The number of rotatable bonds is 5. The van der Waals surface area contributed by atoms with E-state index in [2.05, 4.69) is 20.0 Å². The molecular formula is C17H11F3N3O2S+. The van der Waals surface area contributed by atoms with Crippen molar-refractivity contribution in [3.63, 3.8) is 0 Å². The Morgan fingerprint density at radius 2 is 1.65 bits per heavy atom. The van der Waals surface area contributed by atoms with Crippen LogP contribution in [0.15, 0.2) is 65.8 Å². The molecule has 3 aromatic rings. The molecule has 1 heterocycles. The zero-order valence-corrected chi connectivity index (χ0v) is 13.8. The van der Waals surface area contributed by atoms with Gasteiger partial charge >= 0.3 is 18.0 Å². The first-order valence-electron chi connectivity index (χ1n) is 7.28. The number of hydrogen-bond acceptors (Lipinski definition) is 5. The van der Waals surface area contributed by atoms with Crippen LogP contribution < -0.4 is 10.1 Å². The molecule has 1 N–H and O–H groups in total. The third-order valence-electron chi connectivity index (χ3n) is 3.27. The molecule has 2 aromatic carbocycles. The van der Waals surface area contributed by atoms with Gasteiger partial charge < -0.3 is 10.1 Å². The fourth-order valence-corrected chi connectivity index (χ4v) is 2.40. The van der Waals surface area contributed by atoms with Gasteiger partial charge in [0.25, 0.3) is 4.90 Å². The SMILES string of the molecule is O=[S+]c1ccc(-c2cc(Nc3ccc(OC(F)(F)F)cc3)ncn2)cc1. The average molecular weight is 378 g/mol. The minimum Gasteiger partial charge on any atom is -0.406 e. The Morgan fingerprint density at radius 3 is 2.27 bits per heavy atom. The molecule has 0 spiro atoms. The second-order valence-electron chi connectivity index (χ2n) is 5.09. The maximum absolute atomic E-state index is 12.2. The second-order valence-corrected chi connectivity index (χ2v) is 5.73. The molecule has 0 saturated heterocycles. The van der Waals surface area contributed by atoms with Crippen molar-refractivity contribution in [1.29, 1.82) is 0 Å². The van der Waals surface area contributed by atoms with Crippen LogP contribution >= 0.6 is 0 Å². The summed E-state index contributed by atoms with van der Waals surface area (Å²) in [5, 5.41) is 2.98. The molecule has 26 heavy (non-hydrogen) atoms. The number of anilines is 2. The normalized spacial score (nSPS) is 11.0. The van der Waals surface area contributed by atoms with E-state index in [0.29, 0.717) is 33.8 Å². The molecule has 0 radical (unpaired) electrons. The van der Waals surface area contributed by atoms with Gasteiger partial charge in [0.1, 0.15) is 17.9 Å². The quantitative estimate of drug-likeness (QED) is 0.659. The van der Waals surface area contributed by atoms with Gasteiger partial charge in [0, 0.05) is 33.7 Å². The predicted molar refractivity (Wildman–Crippen MR) is 90.2 cm³/mol. The minimum atomic E-state index is -4.73. The summed E-state index contributed by atoms with van der Waals surface area (Å²) in [6.07, 6.45) is -3.36. The highest BCUT2D eigenvalue weighted by molar-refractivity contribution is 7.65. The Balaban J connectivity index is 1.75. The van der Waals surface area contributed by atoms with Gasteiger partial charge in [-0.3, -0.25) is 0 Å². The Hall–Kier alpha value is -3.07. The maximum Gasteiger partial charge on any atom is 0.573 e. The van der Waals surface area contributed by atoms with Crippen molar-refractivity contribution in [3.05, 3.63) is 60.9 Å². The van der Waals surface area contributed by atoms with Gasteiger partial charge in [-0.1, -0.05) is 0 Å². The van der Waals surface area contributed by atoms with E-state index in [-0.39, 0.29) is 5.75 Å². The van der Waals surface area contributed by atoms with E-state index in [9.17, 15) is 17.4 Å². The molecule has 0 unspecified atom stereocenters. The largest absolute Gasteiger partial charge is 0.573 e. The van der Waals surface area contributed by atoms with Gasteiger partial charge in [0.15, 0.2) is 0 Å². The van der Waals surface area contributed by atoms with Crippen LogP contribution in [0.3, 0.4) is 0 Å². The summed E-state index contributed by atoms with van der Waals surface area (Å²) in [4.78, 5) is 8.87. The standard InChI is InChI=1S/C17H11F3N3O2S/c18-17(19,20)25-13-5-3-12(4-6-13)23-16-9-15(21-10-22-16)11-1-7-14(26-24)8-2-11/h1-10H,(H,21,22,23)/q+1. The number of nitrogens with zero attached hydrogens (tertiary/aromatic N) is 2. The summed E-state index contributed by atoms with van der Waals surface area (Å²) in [7, 11) is 0. The topological polar surface area (TPSA) is 64.1 Å². The molecule has 132 valence electrons. The van der Waals surface area contributed by atoms with Crippen molar-refractivity contribution in [2.75, 3.05) is 5.32 Å². The van der Waals surface area contributed by atoms with E-state index in [0.717, 1.165) is 5.56 Å². The van der Waals surface area contributed by atoms with E-state index >= 15 is 0 Å². The molecule has 1 aromatic heterocycles. The van der Waals surface area contributed by atoms with Crippen molar-refractivity contribution in [2.45, 2.75) is 11.3 Å². The van der Waals surface area contributed by atoms with Gasteiger partial charge in [-0.25, -0.2) is 9.97 Å². The molecule has 9 heteroatoms. The number of halogens is 3. The molecule has 0 saturated carbocycles. The third-order valence-corrected chi connectivity index (χ3v) is 3.74. The van der Waals surface area contributed by atoms with Gasteiger partial charge in [0.05, 0.1) is 5.69 Å². The molecule has 0 amide bonds. The van der Waals surface area contributed by atoms with E-state index < -0.39 is 6.36 Å². The zero-order chi connectivity index (χ0) is 18.6. The van der Waals surface area contributed by atoms with Crippen LogP contribution in [0, 0.1) is 0 Å². The minimum absolute atomic E-state index is 0.303. The molecule has 0 bridgehead atoms. The smallest absolute Gasteiger partial charge is 0.406 e. The van der Waals surface area contributed by atoms with Crippen molar-refractivity contribution < 1.29 is 22.1 Å². The van der Waals surface area contributed by atoms with E-state index in [1.165, 1.54) is 30.6 Å². The molecule has 0 aliphatic carbocycles. The molecule has 0 aliphatic heterocycles. The summed E-state index contributed by atoms with van der Waals surface area (Å²) >= 11 is 0.406. The number of aromatic nitrogens is 2. The summed E-state index contributed by atoms with van der Waals surface area (Å²) in [6, 6.07) is 13.9. The van der Waals surface area contributed by atoms with Gasteiger partial charge in [0.2, 0.25) is 0 Å². The number of hydrogen-bond donors (Lipinski definition) is 1. The fraction of sp³-hybridized carbons (Fsp3) is 0.0588. The van der Waals surface area contributed by atoms with Crippen LogP contribution in [0.5, 0.6) is 5.75 Å². The second kappa shape index (κ2) is 7.44. The molecule has 3 rings (SSSR count). The summed E-state index contributed by atoms with van der Waals surface area (Å²) in [5.41, 5.74) is 1.99. The zero-order valence-electron chi connectivity index (χ0n) is 13.0. The van der Waals surface area contributed by atoms with Crippen LogP contribution in [0.2, 0.25) is 0 Å². The van der Waals surface area contributed by atoms with Crippen LogP contribution in [0.25, 0.3) is 11.3 Å². The molecule has 0 fully saturated rings. The van der Waals surface area contributed by atoms with Crippen LogP contribution in [0.1, 0.15) is 0 Å². The Kier molecular flexibility index (Phi) is 5.08. The first kappa shape index (κ1) is 17.7. The summed E-state index contributed by atoms with van der Waals surface area (Å²) < 4.78 is 51.1. The Bertz CT molecular complexity index is 900. The maximum atomic E-state index is 12.2. The lowest BCUT2D eigenvalue weighted by Gasteiger charge is -2.10. The number of benzene rings is 2. The first-order chi connectivity index (χ1) is 12.4. The molecule has 0 aliphatic rings. The molecule has 5 nitrogen and oxygen atoms in total. The first-order valence-corrected chi connectivity index (χ1v) is 8.02. The van der Waals surface area contributed by atoms with Gasteiger partial charge in [-0.15, -0.1) is 13.2 Å². The van der Waals surface area contributed by atoms with Crippen LogP contribution in [-0.4, -0.2) is 16.3 Å². The summed E-state index contributed by atoms with van der Waals surface area (Å²) in [5.74, 6) is 0.171. The number of alkyl halides is 3. The van der Waals surface area contributed by atoms with Gasteiger partial charge in [-0.2, -0.15) is 0 Å². The van der Waals surface area contributed by atoms with Crippen molar-refractivity contribution >= 4 is 23.2 Å². The van der Waals surface area contributed by atoms with Crippen LogP contribution in [-0.2, 0) is 15.9 Å². The summed E-state index contributed by atoms with van der Waals surface area (Å²) in [6.45, 7) is 0. The number of ether oxygens (including phenoxy) is 1. The fourth-order valence-electron chi connectivity index (χ4n) is 2.15. The predicted octanol–water partition coefficient (Wildman–Crippen LogP) is 4.57. The highest BCUT2D eigenvalue weighted by Crippen LogP contribution is 2.26. The van der Waals surface area contributed by atoms with E-state index in [1.54, 1.807) is 30.3 Å². The molecular weight excluding hydrogens is 367 g/mol. The average Bonchev–Trinajstić information content (AvgIpc) is 2.62. The highest BCUT2D eigenvalue weighted by atomic mass is 32.1. The van der Waals surface area contributed by atoms with E-state index in [1.807, 2.05) is 0 Å². The lowest BCUT2D eigenvalue weighted by Crippen LogP contribution is -2.16. The van der Waals surface area contributed by atoms with Gasteiger partial charge in [-0.05, 0) is 36.4 Å². The van der Waals surface area contributed by atoms with Crippen molar-refractivity contribution in [2.24, 2.45) is 0 Å². The lowest BCUT2D eigenvalue weighted by molar-refractivity contribution is -0.274. The highest BCUT2D eigenvalue weighted by Gasteiger charge is 2.30. The van der Waals surface area contributed by atoms with Crippen LogP contribution in [0.4, 0.5) is 24.7 Å². The van der Waals surface area contributed by atoms with Crippen molar-refractivity contribution in [1.82, 2.24) is 9.97 Å². The third kappa shape index (κ3) is 4.73. The molecule has 0 atom stereocenters. The van der Waals surface area contributed by atoms with Crippen molar-refractivity contribution in [3.8, 4) is 17.0 Å².